The minimum atomic E-state index is -0.348. The van der Waals surface area contributed by atoms with Crippen molar-refractivity contribution in [2.75, 3.05) is 16.8 Å². The van der Waals surface area contributed by atoms with Gasteiger partial charge in [0.25, 0.3) is 0 Å². The van der Waals surface area contributed by atoms with Crippen molar-refractivity contribution in [2.24, 2.45) is 9.98 Å². The third-order valence-corrected chi connectivity index (χ3v) is 8.22. The van der Waals surface area contributed by atoms with Crippen LogP contribution in [0.1, 0.15) is 65.5 Å². The van der Waals surface area contributed by atoms with Gasteiger partial charge in [-0.05, 0) is 79.4 Å². The number of ether oxygens (including phenoxy) is 1. The summed E-state index contributed by atoms with van der Waals surface area (Å²) >= 11 is 0. The van der Waals surface area contributed by atoms with E-state index in [2.05, 4.69) is 61.3 Å². The number of rotatable bonds is 6. The van der Waals surface area contributed by atoms with Gasteiger partial charge in [-0.2, -0.15) is 5.10 Å². The fourth-order valence-electron chi connectivity index (χ4n) is 5.97. The molecule has 2 aliphatic heterocycles. The molecule has 8 nitrogen and oxygen atoms in total. The summed E-state index contributed by atoms with van der Waals surface area (Å²) in [4.78, 5) is 24.9. The number of benzene rings is 4. The Balaban J connectivity index is 1.41. The second kappa shape index (κ2) is 11.5. The largest absolute Gasteiger partial charge is 0.462 e. The molecule has 0 amide bonds. The number of aromatic nitrogens is 2. The van der Waals surface area contributed by atoms with Crippen molar-refractivity contribution in [1.82, 2.24) is 9.78 Å². The molecule has 0 saturated heterocycles. The average Bonchev–Trinajstić information content (AvgIpc) is 3.40. The topological polar surface area (TPSA) is 84.1 Å². The number of carbonyl (C=O) groups is 1. The molecule has 45 heavy (non-hydrogen) atoms. The quantitative estimate of drug-likeness (QED) is 0.200. The van der Waals surface area contributed by atoms with Gasteiger partial charge in [-0.1, -0.05) is 68.4 Å². The molecule has 0 saturated carbocycles. The van der Waals surface area contributed by atoms with E-state index in [9.17, 15) is 4.79 Å². The van der Waals surface area contributed by atoms with E-state index in [-0.39, 0.29) is 12.0 Å². The molecule has 0 bridgehead atoms. The normalized spacial score (nSPS) is 15.0. The molecule has 1 aromatic heterocycles. The Kier molecular flexibility index (Phi) is 7.25. The van der Waals surface area contributed by atoms with E-state index in [1.54, 1.807) is 19.1 Å². The number of aliphatic imine (C=N–C) groups is 2. The van der Waals surface area contributed by atoms with Crippen molar-refractivity contribution in [3.63, 3.8) is 0 Å². The predicted octanol–water partition coefficient (Wildman–Crippen LogP) is 8.28. The van der Waals surface area contributed by atoms with Crippen molar-refractivity contribution in [3.05, 3.63) is 131 Å². The Morgan fingerprint density at radius 1 is 0.889 bits per heavy atom. The molecule has 1 atom stereocenters. The molecule has 224 valence electrons. The summed E-state index contributed by atoms with van der Waals surface area (Å²) in [6, 6.07) is 34.1. The minimum absolute atomic E-state index is 0.203. The maximum Gasteiger partial charge on any atom is 0.338 e. The van der Waals surface area contributed by atoms with Gasteiger partial charge in [0, 0.05) is 11.3 Å². The van der Waals surface area contributed by atoms with Crippen molar-refractivity contribution < 1.29 is 9.53 Å². The van der Waals surface area contributed by atoms with Crippen LogP contribution in [0.5, 0.6) is 0 Å². The van der Waals surface area contributed by atoms with E-state index in [1.165, 1.54) is 5.56 Å². The number of nitrogens with one attached hydrogen (secondary N) is 1. The first-order valence-electron chi connectivity index (χ1n) is 15.3. The number of anilines is 2. The van der Waals surface area contributed by atoms with Crippen LogP contribution < -0.4 is 10.2 Å². The smallest absolute Gasteiger partial charge is 0.338 e. The predicted molar refractivity (Wildman–Crippen MR) is 180 cm³/mol. The summed E-state index contributed by atoms with van der Waals surface area (Å²) in [5.74, 6) is 2.14. The molecule has 8 heteroatoms. The third-order valence-electron chi connectivity index (χ3n) is 8.22. The number of para-hydroxylation sites is 3. The second-order valence-electron chi connectivity index (χ2n) is 11.5. The van der Waals surface area contributed by atoms with Crippen molar-refractivity contribution >= 4 is 40.5 Å². The zero-order chi connectivity index (χ0) is 31.1. The van der Waals surface area contributed by atoms with E-state index in [0.29, 0.717) is 29.8 Å². The molecule has 1 N–H and O–H groups in total. The fraction of sp³-hybridized carbons (Fsp3) is 0.189. The highest BCUT2D eigenvalue weighted by Gasteiger charge is 2.41. The van der Waals surface area contributed by atoms with Gasteiger partial charge in [-0.3, -0.25) is 0 Å². The lowest BCUT2D eigenvalue weighted by Gasteiger charge is -2.40. The Morgan fingerprint density at radius 2 is 1.60 bits per heavy atom. The van der Waals surface area contributed by atoms with Gasteiger partial charge < -0.3 is 15.0 Å². The number of hydrogen-bond donors (Lipinski definition) is 1. The standard InChI is InChI=1S/C37H34N6O2/c1-5-45-37(44)27-19-21-28(22-20-27)38-34-36-40-35-32(24(4)41-43(35)29-11-7-6-8-12-29)33(26-17-15-25(16-18-26)23(2)3)42(36)31-14-10-9-13-30(31)39-34/h6-23,33H,5H2,1-4H3,(H,38,39)/t33-/m1/s1. The summed E-state index contributed by atoms with van der Waals surface area (Å²) in [6.07, 6.45) is 0. The molecule has 3 heterocycles. The summed E-state index contributed by atoms with van der Waals surface area (Å²) in [5, 5.41) is 8.53. The number of fused-ring (bicyclic) bond motifs is 4. The Hall–Kier alpha value is -5.50. The summed E-state index contributed by atoms with van der Waals surface area (Å²) < 4.78 is 7.09. The highest BCUT2D eigenvalue weighted by Crippen LogP contribution is 2.48. The third kappa shape index (κ3) is 5.08. The summed E-state index contributed by atoms with van der Waals surface area (Å²) in [5.41, 5.74) is 8.40. The molecule has 4 aromatic carbocycles. The molecule has 0 radical (unpaired) electrons. The number of carbonyl (C=O) groups excluding carboxylic acids is 1. The molecule has 0 fully saturated rings. The van der Waals surface area contributed by atoms with Crippen LogP contribution in [-0.4, -0.2) is 34.0 Å². The SMILES string of the molecule is CCOC(=O)c1ccc(NC2=Nc3ccccc3N3C2=Nc2c(c(C)nn2-c2ccccc2)[C@H]3c2ccc(C(C)C)cc2)cc1. The van der Waals surface area contributed by atoms with E-state index in [0.717, 1.165) is 45.4 Å². The van der Waals surface area contributed by atoms with Gasteiger partial charge >= 0.3 is 5.97 Å². The van der Waals surface area contributed by atoms with Crippen LogP contribution in [-0.2, 0) is 4.74 Å². The van der Waals surface area contributed by atoms with Crippen LogP contribution in [0.15, 0.2) is 113 Å². The van der Waals surface area contributed by atoms with Crippen LogP contribution in [0.4, 0.5) is 22.9 Å². The maximum absolute atomic E-state index is 12.3. The molecule has 7 rings (SSSR count). The molecular formula is C37H34N6O2. The molecule has 0 spiro atoms. The maximum atomic E-state index is 12.3. The zero-order valence-corrected chi connectivity index (χ0v) is 25.7. The lowest BCUT2D eigenvalue weighted by Crippen LogP contribution is -2.46. The molecule has 0 unspecified atom stereocenters. The average molecular weight is 595 g/mol. The van der Waals surface area contributed by atoms with Gasteiger partial charge in [0.2, 0.25) is 0 Å². The van der Waals surface area contributed by atoms with Crippen molar-refractivity contribution in [3.8, 4) is 5.69 Å². The van der Waals surface area contributed by atoms with Crippen LogP contribution in [0.2, 0.25) is 0 Å². The van der Waals surface area contributed by atoms with E-state index < -0.39 is 0 Å². The van der Waals surface area contributed by atoms with Crippen molar-refractivity contribution in [2.45, 2.75) is 39.7 Å². The van der Waals surface area contributed by atoms with Crippen LogP contribution in [0.25, 0.3) is 5.69 Å². The van der Waals surface area contributed by atoms with E-state index >= 15 is 0 Å². The molecular weight excluding hydrogens is 560 g/mol. The Labute approximate surface area is 262 Å². The summed E-state index contributed by atoms with van der Waals surface area (Å²) in [6.45, 7) is 8.60. The van der Waals surface area contributed by atoms with Crippen molar-refractivity contribution in [1.29, 1.82) is 0 Å². The monoisotopic (exact) mass is 594 g/mol. The number of amidine groups is 2. The van der Waals surface area contributed by atoms with Crippen LogP contribution in [0, 0.1) is 6.92 Å². The van der Waals surface area contributed by atoms with Gasteiger partial charge in [-0.25, -0.2) is 19.5 Å². The van der Waals surface area contributed by atoms with Gasteiger partial charge in [0.15, 0.2) is 17.5 Å². The number of nitrogens with zero attached hydrogens (tertiary/aromatic N) is 5. The fourth-order valence-corrected chi connectivity index (χ4v) is 5.97. The molecule has 5 aromatic rings. The Morgan fingerprint density at radius 3 is 2.31 bits per heavy atom. The number of esters is 1. The number of aryl methyl sites for hydroxylation is 1. The molecule has 0 aliphatic carbocycles. The number of hydrogen-bond acceptors (Lipinski definition) is 7. The molecule has 2 aliphatic rings. The lowest BCUT2D eigenvalue weighted by atomic mass is 9.91. The first kappa shape index (κ1) is 28.3. The Bertz CT molecular complexity index is 1940. The second-order valence-corrected chi connectivity index (χ2v) is 11.5. The first-order valence-corrected chi connectivity index (χ1v) is 15.3. The van der Waals surface area contributed by atoms with Crippen LogP contribution in [0.3, 0.4) is 0 Å². The van der Waals surface area contributed by atoms with Crippen LogP contribution >= 0.6 is 0 Å². The van der Waals surface area contributed by atoms with E-state index in [1.807, 2.05) is 65.3 Å². The van der Waals surface area contributed by atoms with E-state index in [4.69, 9.17) is 19.8 Å². The highest BCUT2D eigenvalue weighted by molar-refractivity contribution is 6.51. The lowest BCUT2D eigenvalue weighted by molar-refractivity contribution is 0.0526. The van der Waals surface area contributed by atoms with Gasteiger partial charge in [0.1, 0.15) is 0 Å². The first-order chi connectivity index (χ1) is 21.9. The summed E-state index contributed by atoms with van der Waals surface area (Å²) in [7, 11) is 0. The zero-order valence-electron chi connectivity index (χ0n) is 25.7. The van der Waals surface area contributed by atoms with Gasteiger partial charge in [0.05, 0.1) is 41.0 Å². The minimum Gasteiger partial charge on any atom is -0.462 e. The highest BCUT2D eigenvalue weighted by atomic mass is 16.5. The van der Waals surface area contributed by atoms with Gasteiger partial charge in [-0.15, -0.1) is 0 Å².